The summed E-state index contributed by atoms with van der Waals surface area (Å²) in [5.74, 6) is -0.491. The van der Waals surface area contributed by atoms with E-state index in [1.807, 2.05) is 0 Å². The van der Waals surface area contributed by atoms with Gasteiger partial charge < -0.3 is 19.5 Å². The molecule has 17 heavy (non-hydrogen) atoms. The summed E-state index contributed by atoms with van der Waals surface area (Å²) in [4.78, 5) is 0. The van der Waals surface area contributed by atoms with Crippen molar-refractivity contribution in [2.75, 3.05) is 13.2 Å². The van der Waals surface area contributed by atoms with Crippen molar-refractivity contribution in [1.82, 2.24) is 0 Å². The lowest BCUT2D eigenvalue weighted by Crippen LogP contribution is -2.30. The second kappa shape index (κ2) is 5.60. The van der Waals surface area contributed by atoms with Crippen LogP contribution in [0.5, 0.6) is 0 Å². The molecule has 0 amide bonds. The molecule has 0 aliphatic carbocycles. The highest BCUT2D eigenvalue weighted by Crippen LogP contribution is 2.13. The lowest BCUT2D eigenvalue weighted by molar-refractivity contribution is 0.0304. The molecule has 1 aliphatic heterocycles. The molecule has 1 saturated heterocycles. The van der Waals surface area contributed by atoms with Crippen molar-refractivity contribution in [2.24, 2.45) is 0 Å². The summed E-state index contributed by atoms with van der Waals surface area (Å²) in [6.45, 7) is 1.40. The van der Waals surface area contributed by atoms with Crippen LogP contribution in [-0.4, -0.2) is 36.5 Å². The van der Waals surface area contributed by atoms with Gasteiger partial charge in [0.1, 0.15) is 5.82 Å². The second-order valence-electron chi connectivity index (χ2n) is 4.02. The van der Waals surface area contributed by atoms with E-state index in [-0.39, 0.29) is 18.2 Å². The summed E-state index contributed by atoms with van der Waals surface area (Å²) in [5, 5.41) is 17.8. The van der Waals surface area contributed by atoms with Crippen LogP contribution in [0, 0.1) is 5.82 Å². The van der Waals surface area contributed by atoms with E-state index in [1.54, 1.807) is 0 Å². The molecule has 0 spiro atoms. The highest BCUT2D eigenvalue weighted by Gasteiger charge is 2.18. The fraction of sp³-hybridized carbons (Fsp3) is 0.455. The Morgan fingerprint density at radius 1 is 1.47 bits per heavy atom. The molecule has 1 aliphatic rings. The minimum absolute atomic E-state index is 0.0255. The van der Waals surface area contributed by atoms with Gasteiger partial charge in [0, 0.05) is 12.2 Å². The predicted octanol–water partition coefficient (Wildman–Crippen LogP) is -0.189. The molecule has 1 unspecified atom stereocenters. The van der Waals surface area contributed by atoms with Crippen molar-refractivity contribution >= 4 is 12.6 Å². The van der Waals surface area contributed by atoms with Crippen LogP contribution in [0.15, 0.2) is 18.2 Å². The van der Waals surface area contributed by atoms with Crippen molar-refractivity contribution in [1.29, 1.82) is 0 Å². The first kappa shape index (κ1) is 12.5. The molecule has 92 valence electrons. The molecule has 2 rings (SSSR count). The number of rotatable bonds is 4. The zero-order chi connectivity index (χ0) is 12.3. The first-order chi connectivity index (χ1) is 8.16. The Labute approximate surface area is 99.1 Å². The van der Waals surface area contributed by atoms with Crippen LogP contribution < -0.4 is 5.46 Å². The SMILES string of the molecule is OB(O)c1ccc(COC2CCOC2)c(F)c1. The smallest absolute Gasteiger partial charge is 0.423 e. The molecule has 1 aromatic carbocycles. The van der Waals surface area contributed by atoms with Crippen molar-refractivity contribution in [3.05, 3.63) is 29.6 Å². The Balaban J connectivity index is 1.96. The van der Waals surface area contributed by atoms with Crippen LogP contribution in [0.2, 0.25) is 0 Å². The van der Waals surface area contributed by atoms with Gasteiger partial charge in [-0.25, -0.2) is 4.39 Å². The predicted molar refractivity (Wildman–Crippen MR) is 60.2 cm³/mol. The summed E-state index contributed by atoms with van der Waals surface area (Å²) < 4.78 is 24.2. The second-order valence-corrected chi connectivity index (χ2v) is 4.02. The van der Waals surface area contributed by atoms with E-state index in [0.717, 1.165) is 12.5 Å². The monoisotopic (exact) mass is 240 g/mol. The fourth-order valence-corrected chi connectivity index (χ4v) is 1.69. The van der Waals surface area contributed by atoms with Gasteiger partial charge in [0.2, 0.25) is 0 Å². The first-order valence-corrected chi connectivity index (χ1v) is 5.50. The normalized spacial score (nSPS) is 19.6. The third-order valence-corrected chi connectivity index (χ3v) is 2.74. The highest BCUT2D eigenvalue weighted by molar-refractivity contribution is 6.58. The maximum Gasteiger partial charge on any atom is 0.488 e. The number of halogens is 1. The first-order valence-electron chi connectivity index (χ1n) is 5.50. The number of ether oxygens (including phenoxy) is 2. The summed E-state index contributed by atoms with van der Waals surface area (Å²) in [5.41, 5.74) is 0.539. The van der Waals surface area contributed by atoms with Crippen LogP contribution in [0.3, 0.4) is 0 Å². The zero-order valence-electron chi connectivity index (χ0n) is 9.30. The number of hydrogen-bond acceptors (Lipinski definition) is 4. The average Bonchev–Trinajstić information content (AvgIpc) is 2.80. The minimum atomic E-state index is -1.65. The van der Waals surface area contributed by atoms with Crippen molar-refractivity contribution in [2.45, 2.75) is 19.1 Å². The third kappa shape index (κ3) is 3.26. The van der Waals surface area contributed by atoms with E-state index in [0.29, 0.717) is 18.8 Å². The molecular formula is C11H14BFO4. The quantitative estimate of drug-likeness (QED) is 0.716. The van der Waals surface area contributed by atoms with E-state index in [4.69, 9.17) is 19.5 Å². The highest BCUT2D eigenvalue weighted by atomic mass is 19.1. The van der Waals surface area contributed by atoms with Crippen molar-refractivity contribution in [3.8, 4) is 0 Å². The Kier molecular flexibility index (Phi) is 4.12. The largest absolute Gasteiger partial charge is 0.488 e. The van der Waals surface area contributed by atoms with E-state index in [1.165, 1.54) is 12.1 Å². The summed E-state index contributed by atoms with van der Waals surface area (Å²) >= 11 is 0. The standard InChI is InChI=1S/C11H14BFO4/c13-11-5-9(12(14)15)2-1-8(11)6-17-10-3-4-16-7-10/h1-2,5,10,14-15H,3-4,6-7H2. The molecule has 2 N–H and O–H groups in total. The van der Waals surface area contributed by atoms with Crippen LogP contribution in [0.1, 0.15) is 12.0 Å². The zero-order valence-corrected chi connectivity index (χ0v) is 9.30. The molecule has 1 atom stereocenters. The molecule has 0 radical (unpaired) electrons. The van der Waals surface area contributed by atoms with Crippen molar-refractivity contribution in [3.63, 3.8) is 0 Å². The van der Waals surface area contributed by atoms with Gasteiger partial charge in [-0.2, -0.15) is 0 Å². The molecular weight excluding hydrogens is 226 g/mol. The van der Waals surface area contributed by atoms with E-state index in [2.05, 4.69) is 0 Å². The molecule has 6 heteroatoms. The lowest BCUT2D eigenvalue weighted by Gasteiger charge is -2.11. The Hall–Kier alpha value is -0.945. The average molecular weight is 240 g/mol. The number of hydrogen-bond donors (Lipinski definition) is 2. The lowest BCUT2D eigenvalue weighted by atomic mass is 9.80. The topological polar surface area (TPSA) is 58.9 Å². The summed E-state index contributed by atoms with van der Waals surface area (Å²) in [6, 6.07) is 4.08. The van der Waals surface area contributed by atoms with Crippen LogP contribution in [0.25, 0.3) is 0 Å². The maximum absolute atomic E-state index is 13.6. The van der Waals surface area contributed by atoms with Gasteiger partial charge in [0.25, 0.3) is 0 Å². The molecule has 0 bridgehead atoms. The van der Waals surface area contributed by atoms with E-state index >= 15 is 0 Å². The van der Waals surface area contributed by atoms with Crippen molar-refractivity contribution < 1.29 is 23.9 Å². The van der Waals surface area contributed by atoms with Gasteiger partial charge in [-0.15, -0.1) is 0 Å². The Morgan fingerprint density at radius 3 is 2.88 bits per heavy atom. The van der Waals surface area contributed by atoms with E-state index < -0.39 is 12.9 Å². The van der Waals surface area contributed by atoms with Crippen LogP contribution >= 0.6 is 0 Å². The van der Waals surface area contributed by atoms with Gasteiger partial charge in [0.15, 0.2) is 0 Å². The van der Waals surface area contributed by atoms with E-state index in [9.17, 15) is 4.39 Å². The van der Waals surface area contributed by atoms with Gasteiger partial charge in [-0.05, 0) is 17.9 Å². The third-order valence-electron chi connectivity index (χ3n) is 2.74. The van der Waals surface area contributed by atoms with Gasteiger partial charge in [0.05, 0.1) is 19.3 Å². The fourth-order valence-electron chi connectivity index (χ4n) is 1.69. The van der Waals surface area contributed by atoms with Crippen LogP contribution in [-0.2, 0) is 16.1 Å². The summed E-state index contributed by atoms with van der Waals surface area (Å²) in [7, 11) is -1.65. The summed E-state index contributed by atoms with van der Waals surface area (Å²) in [6.07, 6.45) is 0.854. The molecule has 0 saturated carbocycles. The molecule has 4 nitrogen and oxygen atoms in total. The Morgan fingerprint density at radius 2 is 2.29 bits per heavy atom. The Bertz CT molecular complexity index is 380. The van der Waals surface area contributed by atoms with Crippen LogP contribution in [0.4, 0.5) is 4.39 Å². The maximum atomic E-state index is 13.6. The molecule has 1 aromatic rings. The van der Waals surface area contributed by atoms with Gasteiger partial charge in [-0.3, -0.25) is 0 Å². The molecule has 1 fully saturated rings. The number of benzene rings is 1. The van der Waals surface area contributed by atoms with Gasteiger partial charge >= 0.3 is 7.12 Å². The molecule has 0 aromatic heterocycles. The van der Waals surface area contributed by atoms with Gasteiger partial charge in [-0.1, -0.05) is 12.1 Å². The minimum Gasteiger partial charge on any atom is -0.423 e. The molecule has 1 heterocycles.